The Balaban J connectivity index is 1.36. The molecule has 2 aromatic carbocycles. The summed E-state index contributed by atoms with van der Waals surface area (Å²) in [5, 5.41) is 2.46. The lowest BCUT2D eigenvalue weighted by Gasteiger charge is -2.41. The number of hydrogen-bond acceptors (Lipinski definition) is 7. The number of fused-ring (bicyclic) bond motifs is 2. The first kappa shape index (κ1) is 30.8. The first-order valence-electron chi connectivity index (χ1n) is 16.0. The topological polar surface area (TPSA) is 69.4 Å². The third kappa shape index (κ3) is 5.82. The van der Waals surface area contributed by atoms with Crippen molar-refractivity contribution < 1.29 is 13.9 Å². The SMILES string of the molecule is [C-]#[N+]C[C@H]1CN(c2nc(OCC3(CC)CCCN3C)nc3c2CCN(c2cccc4cccc(C)c24)C3)CCN1C(=O)C(=C)F. The Hall–Kier alpha value is -4.23. The number of piperazine rings is 1. The van der Waals surface area contributed by atoms with Gasteiger partial charge >= 0.3 is 6.01 Å². The number of likely N-dealkylation sites (tertiary alicyclic amines) is 1. The molecular weight excluding hydrogens is 569 g/mol. The number of carbonyl (C=O) groups is 1. The highest BCUT2D eigenvalue weighted by atomic mass is 19.1. The molecule has 2 atom stereocenters. The number of hydrogen-bond donors (Lipinski definition) is 0. The highest BCUT2D eigenvalue weighted by Gasteiger charge is 2.39. The van der Waals surface area contributed by atoms with Gasteiger partial charge in [0.1, 0.15) is 18.5 Å². The fourth-order valence-electron chi connectivity index (χ4n) is 7.43. The molecule has 2 saturated heterocycles. The number of rotatable bonds is 8. The average molecular weight is 612 g/mol. The molecule has 3 aliphatic heterocycles. The van der Waals surface area contributed by atoms with E-state index < -0.39 is 17.8 Å². The van der Waals surface area contributed by atoms with Gasteiger partial charge in [0.05, 0.1) is 17.8 Å². The number of anilines is 2. The fraction of sp³-hybridized carbons (Fsp3) is 0.486. The van der Waals surface area contributed by atoms with Gasteiger partial charge in [-0.2, -0.15) is 9.97 Å². The zero-order chi connectivity index (χ0) is 31.7. The molecule has 1 aromatic heterocycles. The van der Waals surface area contributed by atoms with Crippen molar-refractivity contribution in [3.05, 3.63) is 77.0 Å². The smallest absolute Gasteiger partial charge is 0.318 e. The van der Waals surface area contributed by atoms with Crippen LogP contribution in [0.25, 0.3) is 15.6 Å². The van der Waals surface area contributed by atoms with Crippen molar-refractivity contribution in [1.29, 1.82) is 0 Å². The molecule has 1 amide bonds. The summed E-state index contributed by atoms with van der Waals surface area (Å²) in [4.78, 5) is 34.5. The molecular formula is C35H42FN7O2. The molecule has 0 aliphatic carbocycles. The van der Waals surface area contributed by atoms with Crippen molar-refractivity contribution >= 4 is 28.2 Å². The summed E-state index contributed by atoms with van der Waals surface area (Å²) in [5.41, 5.74) is 4.37. The molecule has 1 unspecified atom stereocenters. The number of ether oxygens (including phenoxy) is 1. The van der Waals surface area contributed by atoms with Crippen LogP contribution < -0.4 is 14.5 Å². The Kier molecular flexibility index (Phi) is 8.65. The van der Waals surface area contributed by atoms with Gasteiger partial charge in [-0.15, -0.1) is 0 Å². The first-order chi connectivity index (χ1) is 21.7. The van der Waals surface area contributed by atoms with Crippen molar-refractivity contribution in [2.45, 2.75) is 57.7 Å². The molecule has 45 heavy (non-hydrogen) atoms. The number of amides is 1. The predicted molar refractivity (Wildman–Crippen MR) is 175 cm³/mol. The van der Waals surface area contributed by atoms with Crippen LogP contribution in [-0.2, 0) is 17.8 Å². The lowest BCUT2D eigenvalue weighted by Crippen LogP contribution is -2.57. The van der Waals surface area contributed by atoms with Crippen LogP contribution >= 0.6 is 0 Å². The molecule has 9 nitrogen and oxygen atoms in total. The molecule has 0 bridgehead atoms. The monoisotopic (exact) mass is 611 g/mol. The zero-order valence-corrected chi connectivity index (χ0v) is 26.6. The van der Waals surface area contributed by atoms with Crippen molar-refractivity contribution in [2.24, 2.45) is 0 Å². The summed E-state index contributed by atoms with van der Waals surface area (Å²) in [5.74, 6) is -0.960. The molecule has 0 N–H and O–H groups in total. The summed E-state index contributed by atoms with van der Waals surface area (Å²) in [7, 11) is 2.16. The Labute approximate surface area is 265 Å². The summed E-state index contributed by atoms with van der Waals surface area (Å²) in [6, 6.07) is 12.7. The maximum Gasteiger partial charge on any atom is 0.318 e. The van der Waals surface area contributed by atoms with Gasteiger partial charge in [0.2, 0.25) is 6.54 Å². The van der Waals surface area contributed by atoms with E-state index in [1.54, 1.807) is 0 Å². The molecule has 3 aromatic rings. The molecule has 2 fully saturated rings. The third-order valence-corrected chi connectivity index (χ3v) is 10.1. The van der Waals surface area contributed by atoms with Gasteiger partial charge in [0.15, 0.2) is 5.83 Å². The molecule has 236 valence electrons. The second-order valence-corrected chi connectivity index (χ2v) is 12.6. The van der Waals surface area contributed by atoms with Crippen molar-refractivity contribution in [3.63, 3.8) is 0 Å². The van der Waals surface area contributed by atoms with Gasteiger partial charge in [-0.3, -0.25) is 9.69 Å². The quantitative estimate of drug-likeness (QED) is 0.257. The number of nitrogens with zero attached hydrogens (tertiary/aromatic N) is 7. The van der Waals surface area contributed by atoms with Gasteiger partial charge < -0.3 is 24.3 Å². The number of carbonyl (C=O) groups excluding carboxylic acids is 1. The van der Waals surface area contributed by atoms with E-state index in [4.69, 9.17) is 21.3 Å². The minimum Gasteiger partial charge on any atom is -0.461 e. The van der Waals surface area contributed by atoms with Crippen LogP contribution in [0.1, 0.15) is 43.0 Å². The van der Waals surface area contributed by atoms with Crippen LogP contribution in [0, 0.1) is 13.5 Å². The van der Waals surface area contributed by atoms with Gasteiger partial charge in [0, 0.05) is 42.8 Å². The normalized spacial score (nSPS) is 21.9. The second kappa shape index (κ2) is 12.6. The van der Waals surface area contributed by atoms with Gasteiger partial charge in [-0.05, 0) is 63.2 Å². The highest BCUT2D eigenvalue weighted by molar-refractivity contribution is 5.97. The van der Waals surface area contributed by atoms with Crippen LogP contribution in [0.5, 0.6) is 6.01 Å². The van der Waals surface area contributed by atoms with E-state index in [1.165, 1.54) is 26.9 Å². The van der Waals surface area contributed by atoms with E-state index in [2.05, 4.69) is 83.4 Å². The Morgan fingerprint density at radius 3 is 2.67 bits per heavy atom. The molecule has 4 heterocycles. The molecule has 6 rings (SSSR count). The lowest BCUT2D eigenvalue weighted by molar-refractivity contribution is -0.131. The van der Waals surface area contributed by atoms with Crippen molar-refractivity contribution in [1.82, 2.24) is 19.8 Å². The Morgan fingerprint density at radius 2 is 1.96 bits per heavy atom. The minimum atomic E-state index is -1.00. The standard InChI is InChI=1S/C35H42FN7O2/c1-6-35(15-9-16-40(35)5)23-45-34-38-29-22-41(30-13-8-12-26-11-7-10-24(2)31(26)30)17-14-28(29)32(39-34)42-18-19-43(33(44)25(3)36)27(21-42)20-37-4/h7-8,10-13,27H,3,6,9,14-23H2,1-2,5H3/t27-,35?/m0/s1. The molecule has 0 saturated carbocycles. The number of halogens is 1. The van der Waals surface area contributed by atoms with Crippen LogP contribution in [0.4, 0.5) is 15.9 Å². The van der Waals surface area contributed by atoms with E-state index in [-0.39, 0.29) is 18.6 Å². The van der Waals surface area contributed by atoms with Gasteiger partial charge in [0.25, 0.3) is 5.91 Å². The number of likely N-dealkylation sites (N-methyl/N-ethyl adjacent to an activating group) is 1. The summed E-state index contributed by atoms with van der Waals surface area (Å²) in [6.07, 6.45) is 3.92. The summed E-state index contributed by atoms with van der Waals surface area (Å²) in [6.45, 7) is 19.2. The molecule has 0 radical (unpaired) electrons. The average Bonchev–Trinajstić information content (AvgIpc) is 3.42. The molecule has 0 spiro atoms. The van der Waals surface area contributed by atoms with Crippen molar-refractivity contribution in [3.8, 4) is 6.01 Å². The number of benzene rings is 2. The largest absolute Gasteiger partial charge is 0.461 e. The number of aromatic nitrogens is 2. The Bertz CT molecular complexity index is 1650. The molecule has 10 heteroatoms. The maximum atomic E-state index is 13.9. The van der Waals surface area contributed by atoms with Gasteiger partial charge in [-0.1, -0.05) is 43.8 Å². The van der Waals surface area contributed by atoms with Crippen LogP contribution in [-0.4, -0.2) is 90.2 Å². The lowest BCUT2D eigenvalue weighted by atomic mass is 9.94. The first-order valence-corrected chi connectivity index (χ1v) is 16.0. The van der Waals surface area contributed by atoms with E-state index in [0.29, 0.717) is 32.3 Å². The highest BCUT2D eigenvalue weighted by Crippen LogP contribution is 2.37. The minimum absolute atomic E-state index is 0.0482. The van der Waals surface area contributed by atoms with E-state index >= 15 is 0 Å². The van der Waals surface area contributed by atoms with Crippen LogP contribution in [0.3, 0.4) is 0 Å². The number of aryl methyl sites for hydroxylation is 1. The zero-order valence-electron chi connectivity index (χ0n) is 26.6. The summed E-state index contributed by atoms with van der Waals surface area (Å²) >= 11 is 0. The Morgan fingerprint density at radius 1 is 1.16 bits per heavy atom. The van der Waals surface area contributed by atoms with Crippen molar-refractivity contribution in [2.75, 3.05) is 62.7 Å². The third-order valence-electron chi connectivity index (χ3n) is 10.1. The van der Waals surface area contributed by atoms with E-state index in [9.17, 15) is 9.18 Å². The fourth-order valence-corrected chi connectivity index (χ4v) is 7.43. The summed E-state index contributed by atoms with van der Waals surface area (Å²) < 4.78 is 20.3. The van der Waals surface area contributed by atoms with Gasteiger partial charge in [-0.25, -0.2) is 11.0 Å². The van der Waals surface area contributed by atoms with E-state index in [1.807, 2.05) is 0 Å². The van der Waals surface area contributed by atoms with Crippen LogP contribution in [0.15, 0.2) is 48.8 Å². The van der Waals surface area contributed by atoms with E-state index in [0.717, 1.165) is 55.8 Å². The second-order valence-electron chi connectivity index (χ2n) is 12.6. The van der Waals surface area contributed by atoms with Crippen LogP contribution in [0.2, 0.25) is 0 Å². The predicted octanol–water partition coefficient (Wildman–Crippen LogP) is 5.17. The molecule has 3 aliphatic rings. The maximum absolute atomic E-state index is 13.9.